The first-order valence-electron chi connectivity index (χ1n) is 4.89. The summed E-state index contributed by atoms with van der Waals surface area (Å²) in [5.41, 5.74) is 0.560. The first kappa shape index (κ1) is 12.8. The fourth-order valence-corrected chi connectivity index (χ4v) is 2.13. The monoisotopic (exact) mass is 450 g/mol. The number of rotatable bonds is 2. The van der Waals surface area contributed by atoms with Gasteiger partial charge in [-0.3, -0.25) is 0 Å². The van der Waals surface area contributed by atoms with E-state index in [0.717, 1.165) is 7.14 Å². The fourth-order valence-electron chi connectivity index (χ4n) is 1.27. The maximum atomic E-state index is 11.8. The van der Waals surface area contributed by atoms with E-state index in [1.54, 1.807) is 18.2 Å². The molecule has 0 saturated heterocycles. The highest BCUT2D eigenvalue weighted by molar-refractivity contribution is 14.1. The Morgan fingerprint density at radius 3 is 2.24 bits per heavy atom. The molecule has 2 nitrogen and oxygen atoms in total. The molecule has 2 rings (SSSR count). The van der Waals surface area contributed by atoms with Crippen LogP contribution in [0.5, 0.6) is 5.75 Å². The molecule has 0 aromatic heterocycles. The second-order valence-corrected chi connectivity index (χ2v) is 5.73. The average Bonchev–Trinajstić information content (AvgIpc) is 2.33. The molecule has 0 aliphatic rings. The Kier molecular flexibility index (Phi) is 4.38. The van der Waals surface area contributed by atoms with Crippen LogP contribution in [0.1, 0.15) is 10.4 Å². The standard InChI is InChI=1S/C13H8I2O2/c14-10-7-5-9(6-8-10)13(16)17-12-4-2-1-3-11(12)15/h1-8H. The minimum absolute atomic E-state index is 0.328. The predicted octanol–water partition coefficient (Wildman–Crippen LogP) is 4.12. The van der Waals surface area contributed by atoms with Gasteiger partial charge in [-0.05, 0) is 81.6 Å². The second kappa shape index (κ2) is 5.81. The molecule has 0 aliphatic carbocycles. The lowest BCUT2D eigenvalue weighted by Crippen LogP contribution is -2.09. The number of para-hydroxylation sites is 1. The summed E-state index contributed by atoms with van der Waals surface area (Å²) in [6.45, 7) is 0. The molecule has 0 spiro atoms. The van der Waals surface area contributed by atoms with E-state index in [2.05, 4.69) is 45.2 Å². The maximum Gasteiger partial charge on any atom is 0.343 e. The molecule has 17 heavy (non-hydrogen) atoms. The van der Waals surface area contributed by atoms with Crippen molar-refractivity contribution < 1.29 is 9.53 Å². The highest BCUT2D eigenvalue weighted by Crippen LogP contribution is 2.21. The van der Waals surface area contributed by atoms with Crippen molar-refractivity contribution in [2.45, 2.75) is 0 Å². The molecule has 0 radical (unpaired) electrons. The van der Waals surface area contributed by atoms with Crippen LogP contribution in [-0.2, 0) is 0 Å². The van der Waals surface area contributed by atoms with E-state index in [1.807, 2.05) is 30.3 Å². The van der Waals surface area contributed by atoms with Crippen LogP contribution in [0.3, 0.4) is 0 Å². The molecule has 0 fully saturated rings. The third-order valence-electron chi connectivity index (χ3n) is 2.12. The summed E-state index contributed by atoms with van der Waals surface area (Å²) in [4.78, 5) is 11.8. The summed E-state index contributed by atoms with van der Waals surface area (Å²) in [5, 5.41) is 0. The number of benzene rings is 2. The fraction of sp³-hybridized carbons (Fsp3) is 0. The van der Waals surface area contributed by atoms with Gasteiger partial charge in [0.25, 0.3) is 0 Å². The minimum atomic E-state index is -0.328. The number of esters is 1. The topological polar surface area (TPSA) is 26.3 Å². The SMILES string of the molecule is O=C(Oc1ccccc1I)c1ccc(I)cc1. The summed E-state index contributed by atoms with van der Waals surface area (Å²) in [5.74, 6) is 0.266. The van der Waals surface area contributed by atoms with Crippen LogP contribution in [-0.4, -0.2) is 5.97 Å². The number of ether oxygens (including phenoxy) is 1. The van der Waals surface area contributed by atoms with Crippen molar-refractivity contribution in [3.63, 3.8) is 0 Å². The molecule has 0 amide bonds. The lowest BCUT2D eigenvalue weighted by molar-refractivity contribution is 0.0733. The van der Waals surface area contributed by atoms with Crippen molar-refractivity contribution in [3.05, 3.63) is 61.2 Å². The summed E-state index contributed by atoms with van der Waals surface area (Å²) in [6, 6.07) is 14.7. The minimum Gasteiger partial charge on any atom is -0.422 e. The zero-order valence-electron chi connectivity index (χ0n) is 8.69. The van der Waals surface area contributed by atoms with Gasteiger partial charge in [0.2, 0.25) is 0 Å². The Balaban J connectivity index is 2.17. The molecule has 0 N–H and O–H groups in total. The van der Waals surface area contributed by atoms with E-state index >= 15 is 0 Å². The van der Waals surface area contributed by atoms with Crippen LogP contribution in [0.15, 0.2) is 48.5 Å². The van der Waals surface area contributed by atoms with Gasteiger partial charge in [0.15, 0.2) is 0 Å². The molecule has 4 heteroatoms. The van der Waals surface area contributed by atoms with Crippen molar-refractivity contribution in [3.8, 4) is 5.75 Å². The number of halogens is 2. The van der Waals surface area contributed by atoms with Crippen LogP contribution in [0.25, 0.3) is 0 Å². The van der Waals surface area contributed by atoms with Gasteiger partial charge in [-0.25, -0.2) is 4.79 Å². The van der Waals surface area contributed by atoms with Crippen LogP contribution in [0.2, 0.25) is 0 Å². The third-order valence-corrected chi connectivity index (χ3v) is 3.73. The molecule has 0 aliphatic heterocycles. The van der Waals surface area contributed by atoms with E-state index in [4.69, 9.17) is 4.74 Å². The Labute approximate surface area is 127 Å². The van der Waals surface area contributed by atoms with Crippen molar-refractivity contribution in [1.29, 1.82) is 0 Å². The largest absolute Gasteiger partial charge is 0.422 e. The van der Waals surface area contributed by atoms with Gasteiger partial charge in [-0.15, -0.1) is 0 Å². The summed E-state index contributed by atoms with van der Waals surface area (Å²) >= 11 is 4.34. The Morgan fingerprint density at radius 1 is 0.941 bits per heavy atom. The van der Waals surface area contributed by atoms with Gasteiger partial charge in [0.1, 0.15) is 5.75 Å². The number of carbonyl (C=O) groups excluding carboxylic acids is 1. The molecule has 0 heterocycles. The average molecular weight is 450 g/mol. The van der Waals surface area contributed by atoms with Gasteiger partial charge in [-0.2, -0.15) is 0 Å². The second-order valence-electron chi connectivity index (χ2n) is 3.33. The van der Waals surface area contributed by atoms with Gasteiger partial charge < -0.3 is 4.74 Å². The molecular weight excluding hydrogens is 442 g/mol. The van der Waals surface area contributed by atoms with Gasteiger partial charge in [0.05, 0.1) is 9.13 Å². The van der Waals surface area contributed by atoms with Crippen LogP contribution >= 0.6 is 45.2 Å². The number of carbonyl (C=O) groups is 1. The van der Waals surface area contributed by atoms with Crippen molar-refractivity contribution in [2.24, 2.45) is 0 Å². The molecule has 0 bridgehead atoms. The molecule has 0 saturated carbocycles. The van der Waals surface area contributed by atoms with E-state index in [9.17, 15) is 4.79 Å². The molecule has 0 unspecified atom stereocenters. The van der Waals surface area contributed by atoms with Crippen molar-refractivity contribution in [2.75, 3.05) is 0 Å². The first-order chi connectivity index (χ1) is 8.16. The third kappa shape index (κ3) is 3.41. The van der Waals surface area contributed by atoms with E-state index in [1.165, 1.54) is 0 Å². The summed E-state index contributed by atoms with van der Waals surface area (Å²) in [7, 11) is 0. The van der Waals surface area contributed by atoms with Crippen LogP contribution in [0.4, 0.5) is 0 Å². The van der Waals surface area contributed by atoms with Crippen LogP contribution in [0, 0.1) is 7.14 Å². The molecule has 86 valence electrons. The number of hydrogen-bond acceptors (Lipinski definition) is 2. The van der Waals surface area contributed by atoms with Gasteiger partial charge in [0, 0.05) is 3.57 Å². The lowest BCUT2D eigenvalue weighted by Gasteiger charge is -2.05. The van der Waals surface area contributed by atoms with E-state index in [-0.39, 0.29) is 5.97 Å². The summed E-state index contributed by atoms with van der Waals surface area (Å²) < 4.78 is 7.33. The quantitative estimate of drug-likeness (QED) is 0.391. The zero-order valence-corrected chi connectivity index (χ0v) is 13.0. The van der Waals surface area contributed by atoms with Gasteiger partial charge in [-0.1, -0.05) is 12.1 Å². The first-order valence-corrected chi connectivity index (χ1v) is 7.05. The maximum absolute atomic E-state index is 11.8. The smallest absolute Gasteiger partial charge is 0.343 e. The lowest BCUT2D eigenvalue weighted by atomic mass is 10.2. The summed E-state index contributed by atoms with van der Waals surface area (Å²) in [6.07, 6.45) is 0. The van der Waals surface area contributed by atoms with Crippen molar-refractivity contribution in [1.82, 2.24) is 0 Å². The zero-order chi connectivity index (χ0) is 12.3. The highest BCUT2D eigenvalue weighted by atomic mass is 127. The van der Waals surface area contributed by atoms with E-state index in [0.29, 0.717) is 11.3 Å². The molecule has 2 aromatic carbocycles. The van der Waals surface area contributed by atoms with Crippen LogP contribution < -0.4 is 4.74 Å². The molecular formula is C13H8I2O2. The van der Waals surface area contributed by atoms with Gasteiger partial charge >= 0.3 is 5.97 Å². The molecule has 2 aromatic rings. The highest BCUT2D eigenvalue weighted by Gasteiger charge is 2.09. The van der Waals surface area contributed by atoms with Crippen molar-refractivity contribution >= 4 is 51.2 Å². The Hall–Kier alpha value is -0.630. The number of hydrogen-bond donors (Lipinski definition) is 0. The van der Waals surface area contributed by atoms with E-state index < -0.39 is 0 Å². The normalized spacial score (nSPS) is 10.0. The molecule has 0 atom stereocenters. The predicted molar refractivity (Wildman–Crippen MR) is 83.3 cm³/mol. The Bertz CT molecular complexity index is 535. The Morgan fingerprint density at radius 2 is 1.59 bits per heavy atom.